The maximum Gasteiger partial charge on any atom is 0.338 e. The van der Waals surface area contributed by atoms with Crippen LogP contribution in [0.25, 0.3) is 0 Å². The van der Waals surface area contributed by atoms with Crippen LogP contribution in [0.3, 0.4) is 0 Å². The number of furan rings is 1. The van der Waals surface area contributed by atoms with Gasteiger partial charge < -0.3 is 14.8 Å². The Morgan fingerprint density at radius 2 is 2.33 bits per heavy atom. The molecule has 1 aliphatic heterocycles. The van der Waals surface area contributed by atoms with Crippen LogP contribution in [0.4, 0.5) is 0 Å². The van der Waals surface area contributed by atoms with Crippen molar-refractivity contribution in [2.75, 3.05) is 12.3 Å². The molecule has 98 valence electrons. The predicted molar refractivity (Wildman–Crippen MR) is 68.1 cm³/mol. The highest BCUT2D eigenvalue weighted by Crippen LogP contribution is 2.24. The second kappa shape index (κ2) is 5.95. The van der Waals surface area contributed by atoms with E-state index in [1.807, 2.05) is 11.8 Å². The monoisotopic (exact) mass is 269 g/mol. The van der Waals surface area contributed by atoms with Gasteiger partial charge in [0, 0.05) is 17.9 Å². The van der Waals surface area contributed by atoms with Gasteiger partial charge in [0.1, 0.15) is 6.26 Å². The van der Waals surface area contributed by atoms with E-state index in [1.54, 1.807) is 0 Å². The van der Waals surface area contributed by atoms with E-state index in [2.05, 4.69) is 5.32 Å². The molecule has 0 aromatic carbocycles. The van der Waals surface area contributed by atoms with E-state index >= 15 is 0 Å². The summed E-state index contributed by atoms with van der Waals surface area (Å²) in [4.78, 5) is 22.4. The fraction of sp³-hybridized carbons (Fsp3) is 0.500. The minimum atomic E-state index is -1.10. The Labute approximate surface area is 109 Å². The SMILES string of the molecule is O=C(O)c1coc(C(=O)NCC2CCCCS2)c1. The van der Waals surface area contributed by atoms with Crippen LogP contribution in [0.15, 0.2) is 16.7 Å². The van der Waals surface area contributed by atoms with Gasteiger partial charge in [0.05, 0.1) is 5.56 Å². The van der Waals surface area contributed by atoms with Crippen molar-refractivity contribution >= 4 is 23.6 Å². The van der Waals surface area contributed by atoms with Gasteiger partial charge in [0.15, 0.2) is 5.76 Å². The molecular weight excluding hydrogens is 254 g/mol. The first-order chi connectivity index (χ1) is 8.66. The fourth-order valence-corrected chi connectivity index (χ4v) is 3.07. The average molecular weight is 269 g/mol. The number of amides is 1. The number of aromatic carboxylic acids is 1. The van der Waals surface area contributed by atoms with Gasteiger partial charge in [-0.05, 0) is 18.6 Å². The van der Waals surface area contributed by atoms with E-state index < -0.39 is 5.97 Å². The zero-order valence-electron chi connectivity index (χ0n) is 9.85. The number of carbonyl (C=O) groups is 2. The molecule has 2 N–H and O–H groups in total. The summed E-state index contributed by atoms with van der Waals surface area (Å²) in [6, 6.07) is 1.24. The van der Waals surface area contributed by atoms with Crippen LogP contribution in [-0.2, 0) is 0 Å². The molecule has 1 aromatic rings. The Bertz CT molecular complexity index is 437. The minimum absolute atomic E-state index is 0.00723. The van der Waals surface area contributed by atoms with Gasteiger partial charge in [-0.15, -0.1) is 0 Å². The van der Waals surface area contributed by atoms with Gasteiger partial charge in [0.25, 0.3) is 5.91 Å². The Kier molecular flexibility index (Phi) is 4.30. The summed E-state index contributed by atoms with van der Waals surface area (Å²) < 4.78 is 4.93. The molecule has 1 atom stereocenters. The smallest absolute Gasteiger partial charge is 0.338 e. The lowest BCUT2D eigenvalue weighted by molar-refractivity contribution is 0.0696. The molecule has 2 heterocycles. The van der Waals surface area contributed by atoms with Gasteiger partial charge in [-0.25, -0.2) is 4.79 Å². The third-order valence-electron chi connectivity index (χ3n) is 2.83. The molecule has 1 unspecified atom stereocenters. The van der Waals surface area contributed by atoms with Crippen molar-refractivity contribution in [3.63, 3.8) is 0 Å². The number of hydrogen-bond acceptors (Lipinski definition) is 4. The van der Waals surface area contributed by atoms with Gasteiger partial charge in [0.2, 0.25) is 0 Å². The quantitative estimate of drug-likeness (QED) is 0.873. The van der Waals surface area contributed by atoms with Gasteiger partial charge in [-0.2, -0.15) is 11.8 Å². The standard InChI is InChI=1S/C12H15NO4S/c14-11(10-5-8(7-17-10)12(15)16)13-6-9-3-1-2-4-18-9/h5,7,9H,1-4,6H2,(H,13,14)(H,15,16). The molecule has 2 rings (SSSR count). The molecule has 1 aliphatic rings. The molecule has 0 radical (unpaired) electrons. The van der Waals surface area contributed by atoms with Gasteiger partial charge >= 0.3 is 5.97 Å². The summed E-state index contributed by atoms with van der Waals surface area (Å²) in [5, 5.41) is 11.9. The summed E-state index contributed by atoms with van der Waals surface area (Å²) in [6.45, 7) is 0.604. The second-order valence-electron chi connectivity index (χ2n) is 4.20. The number of thioether (sulfide) groups is 1. The molecule has 1 amide bonds. The van der Waals surface area contributed by atoms with Crippen LogP contribution < -0.4 is 5.32 Å². The number of nitrogens with one attached hydrogen (secondary N) is 1. The third-order valence-corrected chi connectivity index (χ3v) is 4.23. The zero-order valence-corrected chi connectivity index (χ0v) is 10.7. The molecule has 1 aromatic heterocycles. The molecule has 0 aliphatic carbocycles. The van der Waals surface area contributed by atoms with Crippen molar-refractivity contribution in [3.05, 3.63) is 23.7 Å². The highest BCUT2D eigenvalue weighted by molar-refractivity contribution is 7.99. The first kappa shape index (κ1) is 13.0. The highest BCUT2D eigenvalue weighted by Gasteiger charge is 2.18. The normalized spacial score (nSPS) is 19.4. The molecule has 6 heteroatoms. The van der Waals surface area contributed by atoms with Crippen molar-refractivity contribution in [1.29, 1.82) is 0 Å². The Balaban J connectivity index is 1.84. The topological polar surface area (TPSA) is 79.5 Å². The van der Waals surface area contributed by atoms with Crippen molar-refractivity contribution in [1.82, 2.24) is 5.32 Å². The van der Waals surface area contributed by atoms with E-state index in [4.69, 9.17) is 9.52 Å². The Morgan fingerprint density at radius 3 is 2.94 bits per heavy atom. The van der Waals surface area contributed by atoms with Crippen molar-refractivity contribution < 1.29 is 19.1 Å². The summed E-state index contributed by atoms with van der Waals surface area (Å²) in [6.07, 6.45) is 4.64. The van der Waals surface area contributed by atoms with E-state index in [1.165, 1.54) is 18.9 Å². The van der Waals surface area contributed by atoms with Crippen LogP contribution in [0.1, 0.15) is 40.2 Å². The van der Waals surface area contributed by atoms with Crippen LogP contribution in [0.2, 0.25) is 0 Å². The van der Waals surface area contributed by atoms with Gasteiger partial charge in [-0.3, -0.25) is 4.79 Å². The fourth-order valence-electron chi connectivity index (χ4n) is 1.83. The molecule has 18 heavy (non-hydrogen) atoms. The van der Waals surface area contributed by atoms with E-state index in [0.29, 0.717) is 11.8 Å². The number of rotatable bonds is 4. The molecule has 0 saturated carbocycles. The lowest BCUT2D eigenvalue weighted by atomic mass is 10.2. The highest BCUT2D eigenvalue weighted by atomic mass is 32.2. The largest absolute Gasteiger partial charge is 0.478 e. The Morgan fingerprint density at radius 1 is 1.50 bits per heavy atom. The summed E-state index contributed by atoms with van der Waals surface area (Å²) in [7, 11) is 0. The van der Waals surface area contributed by atoms with Crippen LogP contribution in [0, 0.1) is 0 Å². The lowest BCUT2D eigenvalue weighted by Crippen LogP contribution is -2.31. The van der Waals surface area contributed by atoms with Crippen molar-refractivity contribution in [3.8, 4) is 0 Å². The van der Waals surface area contributed by atoms with E-state index in [9.17, 15) is 9.59 Å². The zero-order chi connectivity index (χ0) is 13.0. The number of carboxylic acids is 1. The molecular formula is C12H15NO4S. The maximum atomic E-state index is 11.7. The maximum absolute atomic E-state index is 11.7. The number of carbonyl (C=O) groups excluding carboxylic acids is 1. The molecule has 1 saturated heterocycles. The number of carboxylic acid groups (broad SMARTS) is 1. The van der Waals surface area contributed by atoms with Crippen LogP contribution >= 0.6 is 11.8 Å². The second-order valence-corrected chi connectivity index (χ2v) is 5.61. The molecule has 0 spiro atoms. The van der Waals surface area contributed by atoms with Gasteiger partial charge in [-0.1, -0.05) is 6.42 Å². The molecule has 5 nitrogen and oxygen atoms in total. The Hall–Kier alpha value is -1.43. The predicted octanol–water partition coefficient (Wildman–Crippen LogP) is 1.99. The van der Waals surface area contributed by atoms with Crippen LogP contribution in [-0.4, -0.2) is 34.5 Å². The summed E-state index contributed by atoms with van der Waals surface area (Å²) >= 11 is 1.87. The third kappa shape index (κ3) is 3.29. The van der Waals surface area contributed by atoms with Crippen LogP contribution in [0.5, 0.6) is 0 Å². The van der Waals surface area contributed by atoms with E-state index in [-0.39, 0.29) is 17.2 Å². The minimum Gasteiger partial charge on any atom is -0.478 e. The first-order valence-corrected chi connectivity index (χ1v) is 6.93. The first-order valence-electron chi connectivity index (χ1n) is 5.88. The lowest BCUT2D eigenvalue weighted by Gasteiger charge is -2.21. The molecule has 0 bridgehead atoms. The summed E-state index contributed by atoms with van der Waals surface area (Å²) in [5.74, 6) is -0.257. The number of hydrogen-bond donors (Lipinski definition) is 2. The molecule has 1 fully saturated rings. The summed E-state index contributed by atoms with van der Waals surface area (Å²) in [5.41, 5.74) is -0.00723. The van der Waals surface area contributed by atoms with Crippen molar-refractivity contribution in [2.45, 2.75) is 24.5 Å². The van der Waals surface area contributed by atoms with E-state index in [0.717, 1.165) is 18.4 Å². The van der Waals surface area contributed by atoms with Crippen molar-refractivity contribution in [2.24, 2.45) is 0 Å². The average Bonchev–Trinajstić information content (AvgIpc) is 2.87.